The third kappa shape index (κ3) is 3.30. The summed E-state index contributed by atoms with van der Waals surface area (Å²) < 4.78 is 9.81. The second-order valence-corrected chi connectivity index (χ2v) is 6.24. The number of tetrazole rings is 1. The summed E-state index contributed by atoms with van der Waals surface area (Å²) in [4.78, 5) is 23.2. The Morgan fingerprint density at radius 2 is 2.07 bits per heavy atom. The molecular weight excluding hydrogens is 354 g/mol. The van der Waals surface area contributed by atoms with Gasteiger partial charge in [0.2, 0.25) is 11.6 Å². The van der Waals surface area contributed by atoms with E-state index in [1.54, 1.807) is 23.0 Å². The van der Waals surface area contributed by atoms with Gasteiger partial charge in [-0.05, 0) is 41.8 Å². The number of hydrogen-bond donors (Lipinski definition) is 0. The normalized spacial score (nSPS) is 13.7. The monoisotopic (exact) mass is 371 g/mol. The molecule has 0 radical (unpaired) electrons. The molecule has 140 valence electrons. The van der Waals surface area contributed by atoms with Crippen LogP contribution in [0.3, 0.4) is 0 Å². The van der Waals surface area contributed by atoms with Crippen LogP contribution in [0.5, 0.6) is 11.6 Å². The molecule has 27 heavy (non-hydrogen) atoms. The molecule has 1 aliphatic carbocycles. The van der Waals surface area contributed by atoms with Crippen LogP contribution >= 0.6 is 0 Å². The molecule has 0 atom stereocenters. The van der Waals surface area contributed by atoms with Gasteiger partial charge in [0.05, 0.1) is 23.7 Å². The average molecular weight is 371 g/mol. The zero-order chi connectivity index (χ0) is 19.0. The number of nitro benzene ring substituents is 1. The summed E-state index contributed by atoms with van der Waals surface area (Å²) in [5.41, 5.74) is 0.0503. The highest BCUT2D eigenvalue weighted by Gasteiger charge is 2.28. The maximum Gasteiger partial charge on any atom is 0.364 e. The first kappa shape index (κ1) is 16.9. The Kier molecular flexibility index (Phi) is 4.18. The molecule has 0 bridgehead atoms. The fourth-order valence-electron chi connectivity index (χ4n) is 2.75. The van der Waals surface area contributed by atoms with Gasteiger partial charge in [0.25, 0.3) is 0 Å². The molecule has 1 saturated carbocycles. The average Bonchev–Trinajstić information content (AvgIpc) is 3.29. The predicted octanol–water partition coefficient (Wildman–Crippen LogP) is 1.74. The third-order valence-corrected chi connectivity index (χ3v) is 4.30. The van der Waals surface area contributed by atoms with Crippen molar-refractivity contribution in [3.05, 3.63) is 56.6 Å². The minimum Gasteiger partial charge on any atom is -0.432 e. The highest BCUT2D eigenvalue weighted by atomic mass is 16.6. The first-order valence-electron chi connectivity index (χ1n) is 8.56. The molecule has 0 saturated heterocycles. The maximum atomic E-state index is 12.3. The van der Waals surface area contributed by atoms with E-state index in [9.17, 15) is 14.9 Å². The van der Waals surface area contributed by atoms with E-state index in [1.165, 1.54) is 21.5 Å². The number of rotatable bonds is 7. The van der Waals surface area contributed by atoms with Crippen LogP contribution in [-0.4, -0.2) is 34.5 Å². The van der Waals surface area contributed by atoms with Crippen molar-refractivity contribution in [3.8, 4) is 11.6 Å². The summed E-state index contributed by atoms with van der Waals surface area (Å²) in [6, 6.07) is 6.32. The molecule has 0 amide bonds. The molecule has 0 unspecified atom stereocenters. The van der Waals surface area contributed by atoms with E-state index in [-0.39, 0.29) is 29.7 Å². The summed E-state index contributed by atoms with van der Waals surface area (Å²) in [5.74, 6) is 0.518. The molecule has 0 spiro atoms. The highest BCUT2D eigenvalue weighted by molar-refractivity contribution is 5.50. The van der Waals surface area contributed by atoms with Crippen LogP contribution in [0.15, 0.2) is 35.3 Å². The van der Waals surface area contributed by atoms with Crippen LogP contribution in [0.4, 0.5) is 5.69 Å². The van der Waals surface area contributed by atoms with Crippen LogP contribution in [0.1, 0.15) is 31.4 Å². The molecule has 11 nitrogen and oxygen atoms in total. The van der Waals surface area contributed by atoms with E-state index in [4.69, 9.17) is 4.74 Å². The zero-order valence-corrected chi connectivity index (χ0v) is 14.6. The van der Waals surface area contributed by atoms with Crippen LogP contribution in [-0.2, 0) is 13.1 Å². The molecule has 4 rings (SSSR count). The van der Waals surface area contributed by atoms with Gasteiger partial charge >= 0.3 is 11.4 Å². The summed E-state index contributed by atoms with van der Waals surface area (Å²) >= 11 is 0. The summed E-state index contributed by atoms with van der Waals surface area (Å²) in [6.07, 6.45) is 3.41. The van der Waals surface area contributed by atoms with Crippen LogP contribution in [0.2, 0.25) is 0 Å². The fourth-order valence-corrected chi connectivity index (χ4v) is 2.75. The van der Waals surface area contributed by atoms with Crippen molar-refractivity contribution in [2.45, 2.75) is 38.9 Å². The summed E-state index contributed by atoms with van der Waals surface area (Å²) in [7, 11) is 0. The Bertz CT molecular complexity index is 1050. The lowest BCUT2D eigenvalue weighted by atomic mass is 10.2. The minimum atomic E-state index is -0.519. The van der Waals surface area contributed by atoms with E-state index in [0.717, 1.165) is 12.8 Å². The Hall–Kier alpha value is -3.50. The Balaban J connectivity index is 1.61. The van der Waals surface area contributed by atoms with Crippen molar-refractivity contribution < 1.29 is 9.66 Å². The molecular formula is C16H17N7O4. The quantitative estimate of drug-likeness (QED) is 0.458. The lowest BCUT2D eigenvalue weighted by Gasteiger charge is -2.09. The molecule has 11 heteroatoms. The number of hydrogen-bond acceptors (Lipinski definition) is 7. The highest BCUT2D eigenvalue weighted by Crippen LogP contribution is 2.33. The maximum absolute atomic E-state index is 12.3. The first-order chi connectivity index (χ1) is 13.1. The molecule has 3 aromatic rings. The van der Waals surface area contributed by atoms with Crippen molar-refractivity contribution >= 4 is 5.69 Å². The predicted molar refractivity (Wildman–Crippen MR) is 92.7 cm³/mol. The topological polar surface area (TPSA) is 123 Å². The number of benzene rings is 1. The van der Waals surface area contributed by atoms with Crippen LogP contribution < -0.4 is 10.4 Å². The van der Waals surface area contributed by atoms with Crippen molar-refractivity contribution in [2.24, 2.45) is 0 Å². The molecule has 1 fully saturated rings. The summed E-state index contributed by atoms with van der Waals surface area (Å²) in [6.45, 7) is 2.57. The molecule has 1 aliphatic rings. The lowest BCUT2D eigenvalue weighted by Crippen LogP contribution is -2.25. The minimum absolute atomic E-state index is 0.0968. The van der Waals surface area contributed by atoms with E-state index >= 15 is 0 Å². The number of ether oxygens (including phenoxy) is 1. The van der Waals surface area contributed by atoms with Gasteiger partial charge in [0.1, 0.15) is 0 Å². The molecule has 1 aromatic carbocycles. The standard InChI is InChI=1S/C16H17N7O4/c1-2-20-15(7-8-17-20)27-14-6-3-11(9-13(14)23(25)26)10-21-16(24)22(19-18-21)12-4-5-12/h3,6-9,12H,2,4-5,10H2,1H3. The van der Waals surface area contributed by atoms with Gasteiger partial charge in [-0.2, -0.15) is 14.5 Å². The second-order valence-electron chi connectivity index (χ2n) is 6.24. The number of aryl methyl sites for hydroxylation is 1. The Morgan fingerprint density at radius 1 is 1.26 bits per heavy atom. The van der Waals surface area contributed by atoms with Crippen LogP contribution in [0.25, 0.3) is 0 Å². The van der Waals surface area contributed by atoms with E-state index in [2.05, 4.69) is 15.5 Å². The van der Waals surface area contributed by atoms with Crippen molar-refractivity contribution in [3.63, 3.8) is 0 Å². The fraction of sp³-hybridized carbons (Fsp3) is 0.375. The molecule has 2 aromatic heterocycles. The van der Waals surface area contributed by atoms with Gasteiger partial charge in [0.15, 0.2) is 0 Å². The van der Waals surface area contributed by atoms with Crippen molar-refractivity contribution in [2.75, 3.05) is 0 Å². The van der Waals surface area contributed by atoms with Gasteiger partial charge < -0.3 is 4.74 Å². The van der Waals surface area contributed by atoms with E-state index < -0.39 is 4.92 Å². The SMILES string of the molecule is CCn1nccc1Oc1ccc(Cn2nnn(C3CC3)c2=O)cc1[N+](=O)[O-]. The third-order valence-electron chi connectivity index (χ3n) is 4.30. The van der Waals surface area contributed by atoms with E-state index in [1.807, 2.05) is 6.92 Å². The van der Waals surface area contributed by atoms with Gasteiger partial charge in [-0.15, -0.1) is 0 Å². The molecule has 2 heterocycles. The number of nitro groups is 1. The van der Waals surface area contributed by atoms with Crippen molar-refractivity contribution in [1.29, 1.82) is 0 Å². The largest absolute Gasteiger partial charge is 0.432 e. The molecule has 0 aliphatic heterocycles. The Morgan fingerprint density at radius 3 is 2.78 bits per heavy atom. The van der Waals surface area contributed by atoms with Gasteiger partial charge in [-0.1, -0.05) is 6.07 Å². The van der Waals surface area contributed by atoms with Crippen molar-refractivity contribution in [1.82, 2.24) is 29.6 Å². The van der Waals surface area contributed by atoms with Gasteiger partial charge in [0, 0.05) is 18.7 Å². The Labute approximate surface area is 152 Å². The van der Waals surface area contributed by atoms with Crippen LogP contribution in [0, 0.1) is 10.1 Å². The van der Waals surface area contributed by atoms with E-state index in [0.29, 0.717) is 18.0 Å². The van der Waals surface area contributed by atoms with Gasteiger partial charge in [-0.3, -0.25) is 10.1 Å². The second kappa shape index (κ2) is 6.67. The lowest BCUT2D eigenvalue weighted by molar-refractivity contribution is -0.385. The first-order valence-corrected chi connectivity index (χ1v) is 8.56. The zero-order valence-electron chi connectivity index (χ0n) is 14.6. The summed E-state index contributed by atoms with van der Waals surface area (Å²) in [5, 5.41) is 23.3. The smallest absolute Gasteiger partial charge is 0.364 e. The number of aromatic nitrogens is 6. The number of nitrogens with zero attached hydrogens (tertiary/aromatic N) is 7. The molecule has 0 N–H and O–H groups in total. The van der Waals surface area contributed by atoms with Gasteiger partial charge in [-0.25, -0.2) is 9.48 Å².